The number of terminal acetylenes is 1. The zero-order valence-corrected chi connectivity index (χ0v) is 10.4. The van der Waals surface area contributed by atoms with Gasteiger partial charge in [0.15, 0.2) is 0 Å². The SMILES string of the molecule is [B]C(C)(C)/C(C#C)=C/C(=C\C)C([B])(C)C. The van der Waals surface area contributed by atoms with E-state index >= 15 is 0 Å². The maximum absolute atomic E-state index is 6.01. The standard InChI is InChI=1S/C13H18B2/c1-7-10(12(3,4)14)9-11(8-2)13(5,6)15/h1,8-9H,2-6H3/b10-9+,11-8+. The monoisotopic (exact) mass is 196 g/mol. The van der Waals surface area contributed by atoms with Gasteiger partial charge < -0.3 is 0 Å². The molecule has 0 N–H and O–H groups in total. The molecule has 0 aliphatic carbocycles. The average Bonchev–Trinajstić information content (AvgIpc) is 2.01. The Balaban J connectivity index is 5.29. The number of allylic oxidation sites excluding steroid dienone is 4. The molecule has 0 spiro atoms. The lowest BCUT2D eigenvalue weighted by Crippen LogP contribution is -2.09. The molecule has 0 aromatic heterocycles. The summed E-state index contributed by atoms with van der Waals surface area (Å²) in [4.78, 5) is 0. The van der Waals surface area contributed by atoms with Crippen molar-refractivity contribution >= 4 is 15.7 Å². The van der Waals surface area contributed by atoms with Gasteiger partial charge in [0.2, 0.25) is 0 Å². The van der Waals surface area contributed by atoms with Gasteiger partial charge in [-0.1, -0.05) is 45.3 Å². The van der Waals surface area contributed by atoms with Gasteiger partial charge in [-0.25, -0.2) is 0 Å². The van der Waals surface area contributed by atoms with Crippen LogP contribution >= 0.6 is 0 Å². The van der Waals surface area contributed by atoms with Crippen LogP contribution in [0, 0.1) is 12.3 Å². The van der Waals surface area contributed by atoms with Crippen LogP contribution in [0.5, 0.6) is 0 Å². The molecule has 0 unspecified atom stereocenters. The van der Waals surface area contributed by atoms with Crippen LogP contribution in [0.1, 0.15) is 34.6 Å². The molecule has 0 heterocycles. The highest BCUT2D eigenvalue weighted by molar-refractivity contribution is 6.18. The summed E-state index contributed by atoms with van der Waals surface area (Å²) in [7, 11) is 12.0. The topological polar surface area (TPSA) is 0 Å². The number of hydrogen-bond acceptors (Lipinski definition) is 0. The molecule has 0 amide bonds. The number of hydrogen-bond donors (Lipinski definition) is 0. The van der Waals surface area contributed by atoms with Crippen molar-refractivity contribution in [2.75, 3.05) is 0 Å². The van der Waals surface area contributed by atoms with Gasteiger partial charge in [0.25, 0.3) is 0 Å². The van der Waals surface area contributed by atoms with Crippen molar-refractivity contribution in [1.82, 2.24) is 0 Å². The van der Waals surface area contributed by atoms with E-state index in [2.05, 4.69) is 5.92 Å². The summed E-state index contributed by atoms with van der Waals surface area (Å²) in [6, 6.07) is 0. The summed E-state index contributed by atoms with van der Waals surface area (Å²) in [5.74, 6) is 2.62. The van der Waals surface area contributed by atoms with Gasteiger partial charge in [0.1, 0.15) is 0 Å². The summed E-state index contributed by atoms with van der Waals surface area (Å²) in [5, 5.41) is -0.906. The first-order chi connectivity index (χ1) is 6.62. The van der Waals surface area contributed by atoms with Crippen molar-refractivity contribution in [2.24, 2.45) is 0 Å². The third-order valence-electron chi connectivity index (χ3n) is 2.20. The van der Waals surface area contributed by atoms with Crippen LogP contribution < -0.4 is 0 Å². The van der Waals surface area contributed by atoms with Crippen LogP contribution in [-0.2, 0) is 0 Å². The first-order valence-electron chi connectivity index (χ1n) is 5.06. The van der Waals surface area contributed by atoms with Crippen molar-refractivity contribution in [2.45, 2.75) is 45.2 Å². The van der Waals surface area contributed by atoms with Gasteiger partial charge in [-0.2, -0.15) is 0 Å². The lowest BCUT2D eigenvalue weighted by atomic mass is 9.63. The Bertz CT molecular complexity index is 314. The smallest absolute Gasteiger partial charge is 0.0811 e. The van der Waals surface area contributed by atoms with Crippen molar-refractivity contribution in [3.63, 3.8) is 0 Å². The van der Waals surface area contributed by atoms with Crippen molar-refractivity contribution in [3.8, 4) is 12.3 Å². The van der Waals surface area contributed by atoms with E-state index in [4.69, 9.17) is 22.1 Å². The van der Waals surface area contributed by atoms with E-state index in [1.165, 1.54) is 0 Å². The van der Waals surface area contributed by atoms with Crippen molar-refractivity contribution in [1.29, 1.82) is 0 Å². The molecular formula is C13H18B2. The van der Waals surface area contributed by atoms with Gasteiger partial charge in [0.05, 0.1) is 15.7 Å². The molecule has 0 saturated carbocycles. The van der Waals surface area contributed by atoms with Gasteiger partial charge in [0, 0.05) is 0 Å². The van der Waals surface area contributed by atoms with Crippen LogP contribution in [0.2, 0.25) is 10.6 Å². The predicted octanol–water partition coefficient (Wildman–Crippen LogP) is 3.23. The van der Waals surface area contributed by atoms with Gasteiger partial charge >= 0.3 is 0 Å². The molecule has 0 atom stereocenters. The second kappa shape index (κ2) is 4.79. The van der Waals surface area contributed by atoms with E-state index in [-0.39, 0.29) is 0 Å². The maximum Gasteiger partial charge on any atom is 0.0811 e. The Morgan fingerprint density at radius 1 is 1.13 bits per heavy atom. The third kappa shape index (κ3) is 4.47. The fraction of sp³-hybridized carbons (Fsp3) is 0.538. The van der Waals surface area contributed by atoms with E-state index in [1.54, 1.807) is 0 Å². The Kier molecular flexibility index (Phi) is 4.53. The number of rotatable bonds is 3. The maximum atomic E-state index is 6.01. The molecular weight excluding hydrogens is 178 g/mol. The average molecular weight is 196 g/mol. The summed E-state index contributed by atoms with van der Waals surface area (Å²) in [5.41, 5.74) is 1.75. The summed E-state index contributed by atoms with van der Waals surface area (Å²) < 4.78 is 0. The van der Waals surface area contributed by atoms with E-state index in [0.29, 0.717) is 0 Å². The summed E-state index contributed by atoms with van der Waals surface area (Å²) in [6.07, 6.45) is 9.30. The predicted molar refractivity (Wildman–Crippen MR) is 70.3 cm³/mol. The molecule has 0 rings (SSSR count). The minimum atomic E-state index is -0.506. The van der Waals surface area contributed by atoms with Gasteiger partial charge in [-0.3, -0.25) is 0 Å². The lowest BCUT2D eigenvalue weighted by molar-refractivity contribution is 0.795. The largest absolute Gasteiger partial charge is 0.115 e. The third-order valence-corrected chi connectivity index (χ3v) is 2.20. The van der Waals surface area contributed by atoms with Crippen LogP contribution in [0.4, 0.5) is 0 Å². The minimum Gasteiger partial charge on any atom is -0.115 e. The van der Waals surface area contributed by atoms with Gasteiger partial charge in [-0.15, -0.1) is 6.42 Å². The fourth-order valence-corrected chi connectivity index (χ4v) is 1.21. The fourth-order valence-electron chi connectivity index (χ4n) is 1.21. The molecule has 0 aliphatic heterocycles. The molecule has 0 nitrogen and oxygen atoms in total. The first-order valence-corrected chi connectivity index (χ1v) is 5.06. The van der Waals surface area contributed by atoms with E-state index in [1.807, 2.05) is 46.8 Å². The summed E-state index contributed by atoms with van der Waals surface area (Å²) >= 11 is 0. The van der Waals surface area contributed by atoms with Crippen LogP contribution in [0.15, 0.2) is 23.3 Å². The second-order valence-corrected chi connectivity index (χ2v) is 4.89. The molecule has 0 bridgehead atoms. The molecule has 0 saturated heterocycles. The first kappa shape index (κ1) is 14.2. The molecule has 0 fully saturated rings. The quantitative estimate of drug-likeness (QED) is 0.369. The van der Waals surface area contributed by atoms with E-state index in [9.17, 15) is 0 Å². The van der Waals surface area contributed by atoms with Crippen molar-refractivity contribution < 1.29 is 0 Å². The van der Waals surface area contributed by atoms with Crippen LogP contribution in [0.25, 0.3) is 0 Å². The highest BCUT2D eigenvalue weighted by Gasteiger charge is 2.19. The van der Waals surface area contributed by atoms with E-state index < -0.39 is 10.6 Å². The molecule has 15 heavy (non-hydrogen) atoms. The van der Waals surface area contributed by atoms with Crippen LogP contribution in [-0.4, -0.2) is 15.7 Å². The highest BCUT2D eigenvalue weighted by atomic mass is 14.2. The van der Waals surface area contributed by atoms with Crippen LogP contribution in [0.3, 0.4) is 0 Å². The minimum absolute atomic E-state index is 0.401. The molecule has 4 radical (unpaired) electrons. The molecule has 0 aromatic carbocycles. The second-order valence-electron chi connectivity index (χ2n) is 4.89. The Hall–Kier alpha value is -0.830. The molecule has 76 valence electrons. The molecule has 0 aliphatic rings. The zero-order chi connectivity index (χ0) is 12.3. The molecule has 2 heteroatoms. The normalized spacial score (nSPS) is 14.9. The highest BCUT2D eigenvalue weighted by Crippen LogP contribution is 2.36. The van der Waals surface area contributed by atoms with Gasteiger partial charge in [-0.05, 0) is 29.2 Å². The summed E-state index contributed by atoms with van der Waals surface area (Å²) in [6.45, 7) is 9.59. The molecule has 0 aromatic rings. The Morgan fingerprint density at radius 2 is 1.60 bits per heavy atom. The van der Waals surface area contributed by atoms with Crippen molar-refractivity contribution in [3.05, 3.63) is 23.3 Å². The van der Waals surface area contributed by atoms with E-state index in [0.717, 1.165) is 11.1 Å². The Morgan fingerprint density at radius 3 is 1.80 bits per heavy atom. The lowest BCUT2D eigenvalue weighted by Gasteiger charge is -2.25. The zero-order valence-electron chi connectivity index (χ0n) is 10.4. The Labute approximate surface area is 97.0 Å².